The number of hydrogen-bond donors (Lipinski definition) is 1. The van der Waals surface area contributed by atoms with Gasteiger partial charge < -0.3 is 9.67 Å². The number of rotatable bonds is 4. The lowest BCUT2D eigenvalue weighted by molar-refractivity contribution is -0.133. The van der Waals surface area contributed by atoms with Gasteiger partial charge in [-0.3, -0.25) is 4.79 Å². The molecule has 0 spiro atoms. The molecule has 1 aliphatic carbocycles. The maximum absolute atomic E-state index is 10.5. The number of aliphatic carboxylic acids is 1. The summed E-state index contributed by atoms with van der Waals surface area (Å²) in [5, 5.41) is 9.46. The Kier molecular flexibility index (Phi) is 2.73. The number of hydrogen-bond acceptors (Lipinski definition) is 3. The summed E-state index contributed by atoms with van der Waals surface area (Å²) in [5.74, 6) is -0.0174. The highest BCUT2D eigenvalue weighted by molar-refractivity contribution is 7.99. The molecule has 0 saturated heterocycles. The van der Waals surface area contributed by atoms with Gasteiger partial charge >= 0.3 is 5.97 Å². The SMILES string of the molecule is Cc1cn(C2CC2C)c(SCC(=O)O)n1. The summed E-state index contributed by atoms with van der Waals surface area (Å²) < 4.78 is 2.12. The second-order valence-electron chi connectivity index (χ2n) is 4.03. The first-order valence-electron chi connectivity index (χ1n) is 4.98. The third-order valence-electron chi connectivity index (χ3n) is 2.57. The molecule has 0 radical (unpaired) electrons. The number of carbonyl (C=O) groups is 1. The Balaban J connectivity index is 2.11. The van der Waals surface area contributed by atoms with Crippen LogP contribution in [-0.4, -0.2) is 26.4 Å². The van der Waals surface area contributed by atoms with Crippen LogP contribution < -0.4 is 0 Å². The van der Waals surface area contributed by atoms with Crippen molar-refractivity contribution in [3.63, 3.8) is 0 Å². The zero-order chi connectivity index (χ0) is 11.0. The van der Waals surface area contributed by atoms with Crippen LogP contribution >= 0.6 is 11.8 Å². The topological polar surface area (TPSA) is 55.1 Å². The molecular formula is C10H14N2O2S. The van der Waals surface area contributed by atoms with Crippen LogP contribution in [0.15, 0.2) is 11.4 Å². The number of nitrogens with zero attached hydrogens (tertiary/aromatic N) is 2. The van der Waals surface area contributed by atoms with Crippen molar-refractivity contribution in [3.05, 3.63) is 11.9 Å². The normalized spacial score (nSPS) is 24.1. The summed E-state index contributed by atoms with van der Waals surface area (Å²) in [6.45, 7) is 4.14. The van der Waals surface area contributed by atoms with E-state index in [1.807, 2.05) is 13.1 Å². The molecule has 2 atom stereocenters. The van der Waals surface area contributed by atoms with Gasteiger partial charge in [0.15, 0.2) is 5.16 Å². The van der Waals surface area contributed by atoms with Crippen LogP contribution in [0.25, 0.3) is 0 Å². The number of imidazole rings is 1. The van der Waals surface area contributed by atoms with Gasteiger partial charge in [0.1, 0.15) is 0 Å². The lowest BCUT2D eigenvalue weighted by atomic mass is 10.5. The molecule has 4 nitrogen and oxygen atoms in total. The highest BCUT2D eigenvalue weighted by Crippen LogP contribution is 2.44. The summed E-state index contributed by atoms with van der Waals surface area (Å²) in [7, 11) is 0. The molecule has 0 aromatic carbocycles. The summed E-state index contributed by atoms with van der Waals surface area (Å²) >= 11 is 1.30. The van der Waals surface area contributed by atoms with Crippen molar-refractivity contribution in [1.82, 2.24) is 9.55 Å². The molecule has 82 valence electrons. The molecule has 1 aliphatic rings. The van der Waals surface area contributed by atoms with Crippen molar-refractivity contribution in [2.75, 3.05) is 5.75 Å². The molecule has 1 N–H and O–H groups in total. The van der Waals surface area contributed by atoms with Crippen LogP contribution in [0.5, 0.6) is 0 Å². The van der Waals surface area contributed by atoms with Gasteiger partial charge in [0.2, 0.25) is 0 Å². The predicted octanol–water partition coefficient (Wildman–Crippen LogP) is 1.95. The predicted molar refractivity (Wildman–Crippen MR) is 58.1 cm³/mol. The van der Waals surface area contributed by atoms with E-state index in [1.165, 1.54) is 18.2 Å². The van der Waals surface area contributed by atoms with Gasteiger partial charge in [0.05, 0.1) is 11.4 Å². The van der Waals surface area contributed by atoms with E-state index in [2.05, 4.69) is 16.5 Å². The minimum absolute atomic E-state index is 0.0809. The highest BCUT2D eigenvalue weighted by Gasteiger charge is 2.35. The molecule has 1 heterocycles. The van der Waals surface area contributed by atoms with E-state index >= 15 is 0 Å². The molecule has 1 aromatic rings. The van der Waals surface area contributed by atoms with Crippen LogP contribution in [0.4, 0.5) is 0 Å². The van der Waals surface area contributed by atoms with Crippen LogP contribution in [0.1, 0.15) is 25.1 Å². The Morgan fingerprint density at radius 3 is 3.00 bits per heavy atom. The van der Waals surface area contributed by atoms with E-state index in [1.54, 1.807) is 0 Å². The van der Waals surface area contributed by atoms with Crippen molar-refractivity contribution in [2.24, 2.45) is 5.92 Å². The highest BCUT2D eigenvalue weighted by atomic mass is 32.2. The third kappa shape index (κ3) is 2.34. The van der Waals surface area contributed by atoms with E-state index in [4.69, 9.17) is 5.11 Å². The number of aromatic nitrogens is 2. The maximum atomic E-state index is 10.5. The van der Waals surface area contributed by atoms with Gasteiger partial charge in [0, 0.05) is 12.2 Å². The Bertz CT molecular complexity index is 389. The minimum Gasteiger partial charge on any atom is -0.481 e. The zero-order valence-corrected chi connectivity index (χ0v) is 9.62. The number of aryl methyl sites for hydroxylation is 1. The first-order valence-corrected chi connectivity index (χ1v) is 5.96. The lowest BCUT2D eigenvalue weighted by Gasteiger charge is -2.04. The quantitative estimate of drug-likeness (QED) is 0.797. The molecule has 0 amide bonds. The smallest absolute Gasteiger partial charge is 0.313 e. The summed E-state index contributed by atoms with van der Waals surface area (Å²) in [4.78, 5) is 14.8. The Morgan fingerprint density at radius 2 is 2.47 bits per heavy atom. The minimum atomic E-state index is -0.795. The zero-order valence-electron chi connectivity index (χ0n) is 8.80. The van der Waals surface area contributed by atoms with Gasteiger partial charge in [-0.05, 0) is 19.3 Å². The van der Waals surface area contributed by atoms with Gasteiger partial charge in [0.25, 0.3) is 0 Å². The van der Waals surface area contributed by atoms with Gasteiger partial charge in [-0.25, -0.2) is 4.98 Å². The largest absolute Gasteiger partial charge is 0.481 e. The molecule has 1 saturated carbocycles. The van der Waals surface area contributed by atoms with Crippen LogP contribution in [0.3, 0.4) is 0 Å². The summed E-state index contributed by atoms with van der Waals surface area (Å²) in [6, 6.07) is 0.530. The monoisotopic (exact) mass is 226 g/mol. The first kappa shape index (κ1) is 10.5. The molecule has 0 bridgehead atoms. The Labute approximate surface area is 92.7 Å². The average molecular weight is 226 g/mol. The number of carboxylic acid groups (broad SMARTS) is 1. The summed E-state index contributed by atoms with van der Waals surface area (Å²) in [5.41, 5.74) is 0.960. The van der Waals surface area contributed by atoms with Crippen molar-refractivity contribution in [3.8, 4) is 0 Å². The van der Waals surface area contributed by atoms with E-state index < -0.39 is 5.97 Å². The van der Waals surface area contributed by atoms with E-state index in [0.717, 1.165) is 10.9 Å². The van der Waals surface area contributed by atoms with Crippen LogP contribution in [0.2, 0.25) is 0 Å². The first-order chi connectivity index (χ1) is 7.08. The summed E-state index contributed by atoms with van der Waals surface area (Å²) in [6.07, 6.45) is 3.19. The number of thioether (sulfide) groups is 1. The molecule has 1 aromatic heterocycles. The molecule has 1 fully saturated rings. The second-order valence-corrected chi connectivity index (χ2v) is 4.98. The fraction of sp³-hybridized carbons (Fsp3) is 0.600. The Morgan fingerprint density at radius 1 is 1.80 bits per heavy atom. The fourth-order valence-electron chi connectivity index (χ4n) is 1.65. The van der Waals surface area contributed by atoms with Gasteiger partial charge in [-0.1, -0.05) is 18.7 Å². The molecule has 2 rings (SSSR count). The van der Waals surface area contributed by atoms with Crippen molar-refractivity contribution < 1.29 is 9.90 Å². The molecule has 5 heteroatoms. The average Bonchev–Trinajstić information content (AvgIpc) is 2.74. The Hall–Kier alpha value is -0.970. The molecule has 15 heavy (non-hydrogen) atoms. The molecular weight excluding hydrogens is 212 g/mol. The van der Waals surface area contributed by atoms with Gasteiger partial charge in [-0.15, -0.1) is 0 Å². The lowest BCUT2D eigenvalue weighted by Crippen LogP contribution is -2.02. The third-order valence-corrected chi connectivity index (χ3v) is 3.52. The molecule has 2 unspecified atom stereocenters. The fourth-order valence-corrected chi connectivity index (χ4v) is 2.45. The molecule has 0 aliphatic heterocycles. The number of carboxylic acids is 1. The van der Waals surface area contributed by atoms with Crippen molar-refractivity contribution in [1.29, 1.82) is 0 Å². The second kappa shape index (κ2) is 3.89. The van der Waals surface area contributed by atoms with Crippen molar-refractivity contribution in [2.45, 2.75) is 31.5 Å². The standard InChI is InChI=1S/C10H14N2O2S/c1-6-3-8(6)12-4-7(2)11-10(12)15-5-9(13)14/h4,6,8H,3,5H2,1-2H3,(H,13,14). The van der Waals surface area contributed by atoms with Crippen LogP contribution in [-0.2, 0) is 4.79 Å². The maximum Gasteiger partial charge on any atom is 0.313 e. The van der Waals surface area contributed by atoms with E-state index in [0.29, 0.717) is 12.0 Å². The van der Waals surface area contributed by atoms with Gasteiger partial charge in [-0.2, -0.15) is 0 Å². The van der Waals surface area contributed by atoms with Crippen molar-refractivity contribution >= 4 is 17.7 Å². The van der Waals surface area contributed by atoms with E-state index in [-0.39, 0.29) is 5.75 Å². The van der Waals surface area contributed by atoms with E-state index in [9.17, 15) is 4.79 Å². The van der Waals surface area contributed by atoms with Crippen LogP contribution in [0, 0.1) is 12.8 Å².